The van der Waals surface area contributed by atoms with Crippen molar-refractivity contribution in [2.24, 2.45) is 0 Å². The molecule has 1 N–H and O–H groups in total. The molecule has 1 amide bonds. The van der Waals surface area contributed by atoms with Crippen molar-refractivity contribution >= 4 is 5.91 Å². The molecule has 0 aliphatic carbocycles. The number of benzene rings is 2. The normalized spacial score (nSPS) is 14.8. The molecule has 1 saturated heterocycles. The van der Waals surface area contributed by atoms with E-state index in [9.17, 15) is 9.90 Å². The number of piperazine rings is 1. The molecule has 6 heteroatoms. The molecule has 1 aliphatic rings. The maximum absolute atomic E-state index is 12.9. The average molecular weight is 388 g/mol. The number of aliphatic hydroxyl groups excluding tert-OH is 1. The first-order chi connectivity index (χ1) is 14.2. The first-order valence-electron chi connectivity index (χ1n) is 9.75. The van der Waals surface area contributed by atoms with Gasteiger partial charge in [-0.1, -0.05) is 36.4 Å². The molecule has 2 heterocycles. The van der Waals surface area contributed by atoms with Crippen LogP contribution in [0, 0.1) is 0 Å². The fourth-order valence-electron chi connectivity index (χ4n) is 3.55. The van der Waals surface area contributed by atoms with E-state index in [1.54, 1.807) is 12.4 Å². The summed E-state index contributed by atoms with van der Waals surface area (Å²) in [6, 6.07) is 15.2. The second-order valence-corrected chi connectivity index (χ2v) is 7.28. The second-order valence-electron chi connectivity index (χ2n) is 7.28. The number of aromatic nitrogens is 2. The Morgan fingerprint density at radius 2 is 1.76 bits per heavy atom. The fraction of sp³-hybridized carbons (Fsp3) is 0.261. The van der Waals surface area contributed by atoms with Crippen LogP contribution in [0.1, 0.15) is 15.9 Å². The second kappa shape index (κ2) is 8.51. The Balaban J connectivity index is 1.63. The van der Waals surface area contributed by atoms with Crippen molar-refractivity contribution in [2.45, 2.75) is 6.61 Å². The van der Waals surface area contributed by atoms with Gasteiger partial charge < -0.3 is 14.9 Å². The van der Waals surface area contributed by atoms with E-state index in [2.05, 4.69) is 16.9 Å². The quantitative estimate of drug-likeness (QED) is 0.744. The molecule has 1 fully saturated rings. The predicted octanol–water partition coefficient (Wildman–Crippen LogP) is 2.69. The van der Waals surface area contributed by atoms with Crippen molar-refractivity contribution in [2.75, 3.05) is 33.2 Å². The molecule has 6 nitrogen and oxygen atoms in total. The Morgan fingerprint density at radius 1 is 1.00 bits per heavy atom. The number of carbonyl (C=O) groups excluding carboxylic acids is 1. The summed E-state index contributed by atoms with van der Waals surface area (Å²) < 4.78 is 0. The van der Waals surface area contributed by atoms with E-state index in [0.717, 1.165) is 42.9 Å². The molecule has 148 valence electrons. The standard InChI is InChI=1S/C23H24N4O2/c1-26-9-11-27(12-10-26)23(29)18-7-4-6-17(13-18)21-14-24-15-22(25-21)20-8-3-2-5-19(20)16-28/h2-8,13-15,28H,9-12,16H2,1H3. The van der Waals surface area contributed by atoms with Crippen molar-refractivity contribution < 1.29 is 9.90 Å². The van der Waals surface area contributed by atoms with Crippen molar-refractivity contribution in [1.82, 2.24) is 19.8 Å². The minimum absolute atomic E-state index is 0.0506. The van der Waals surface area contributed by atoms with Crippen LogP contribution in [0.25, 0.3) is 22.5 Å². The van der Waals surface area contributed by atoms with Gasteiger partial charge in [0, 0.05) is 42.9 Å². The van der Waals surface area contributed by atoms with Gasteiger partial charge in [0.1, 0.15) is 0 Å². The van der Waals surface area contributed by atoms with E-state index in [1.165, 1.54) is 0 Å². The van der Waals surface area contributed by atoms with Crippen molar-refractivity contribution in [3.8, 4) is 22.5 Å². The lowest BCUT2D eigenvalue weighted by Crippen LogP contribution is -2.47. The lowest BCUT2D eigenvalue weighted by molar-refractivity contribution is 0.0664. The highest BCUT2D eigenvalue weighted by atomic mass is 16.3. The summed E-state index contributed by atoms with van der Waals surface area (Å²) >= 11 is 0. The summed E-state index contributed by atoms with van der Waals surface area (Å²) in [6.45, 7) is 3.21. The largest absolute Gasteiger partial charge is 0.392 e. The van der Waals surface area contributed by atoms with Gasteiger partial charge in [-0.3, -0.25) is 9.78 Å². The number of carbonyl (C=O) groups is 1. The predicted molar refractivity (Wildman–Crippen MR) is 112 cm³/mol. The Kier molecular flexibility index (Phi) is 5.64. The summed E-state index contributed by atoms with van der Waals surface area (Å²) in [7, 11) is 2.07. The van der Waals surface area contributed by atoms with Gasteiger partial charge in [-0.25, -0.2) is 4.98 Å². The van der Waals surface area contributed by atoms with Gasteiger partial charge in [0.15, 0.2) is 0 Å². The van der Waals surface area contributed by atoms with Crippen LogP contribution in [0.5, 0.6) is 0 Å². The maximum atomic E-state index is 12.9. The van der Waals surface area contributed by atoms with Crippen LogP contribution in [0.2, 0.25) is 0 Å². The van der Waals surface area contributed by atoms with Crippen LogP contribution in [0.15, 0.2) is 60.9 Å². The van der Waals surface area contributed by atoms with Crippen LogP contribution in [-0.4, -0.2) is 64.0 Å². The summed E-state index contributed by atoms with van der Waals surface area (Å²) in [4.78, 5) is 26.1. The first kappa shape index (κ1) is 19.2. The Bertz CT molecular complexity index is 1010. The number of nitrogens with zero attached hydrogens (tertiary/aromatic N) is 4. The zero-order valence-electron chi connectivity index (χ0n) is 16.5. The van der Waals surface area contributed by atoms with Crippen LogP contribution in [-0.2, 0) is 6.61 Å². The van der Waals surface area contributed by atoms with Crippen LogP contribution in [0.4, 0.5) is 0 Å². The maximum Gasteiger partial charge on any atom is 0.253 e. The molecule has 0 bridgehead atoms. The first-order valence-corrected chi connectivity index (χ1v) is 9.75. The molecule has 0 unspecified atom stereocenters. The van der Waals surface area contributed by atoms with Crippen LogP contribution >= 0.6 is 0 Å². The number of amides is 1. The van der Waals surface area contributed by atoms with Crippen LogP contribution in [0.3, 0.4) is 0 Å². The molecular weight excluding hydrogens is 364 g/mol. The zero-order chi connectivity index (χ0) is 20.2. The highest BCUT2D eigenvalue weighted by Gasteiger charge is 2.20. The topological polar surface area (TPSA) is 69.6 Å². The van der Waals surface area contributed by atoms with E-state index in [4.69, 9.17) is 4.98 Å². The smallest absolute Gasteiger partial charge is 0.253 e. The number of hydrogen-bond donors (Lipinski definition) is 1. The number of hydrogen-bond acceptors (Lipinski definition) is 5. The minimum atomic E-state index is -0.0584. The van der Waals surface area contributed by atoms with Crippen molar-refractivity contribution in [1.29, 1.82) is 0 Å². The molecule has 2 aromatic carbocycles. The monoisotopic (exact) mass is 388 g/mol. The molecule has 0 saturated carbocycles. The highest BCUT2D eigenvalue weighted by Crippen LogP contribution is 2.25. The molecule has 4 rings (SSSR count). The highest BCUT2D eigenvalue weighted by molar-refractivity contribution is 5.95. The van der Waals surface area contributed by atoms with Gasteiger partial charge in [0.2, 0.25) is 0 Å². The molecule has 0 spiro atoms. The molecule has 3 aromatic rings. The Labute approximate surface area is 170 Å². The summed E-state index contributed by atoms with van der Waals surface area (Å²) in [6.07, 6.45) is 3.39. The van der Waals surface area contributed by atoms with Gasteiger partial charge in [0.25, 0.3) is 5.91 Å². The molecular formula is C23H24N4O2. The van der Waals surface area contributed by atoms with Crippen molar-refractivity contribution in [3.63, 3.8) is 0 Å². The molecule has 1 aliphatic heterocycles. The third-order valence-electron chi connectivity index (χ3n) is 5.29. The van der Waals surface area contributed by atoms with E-state index in [0.29, 0.717) is 17.0 Å². The number of rotatable bonds is 4. The Hall–Kier alpha value is -3.09. The lowest BCUT2D eigenvalue weighted by atomic mass is 10.0. The Morgan fingerprint density at radius 3 is 2.55 bits per heavy atom. The SMILES string of the molecule is CN1CCN(C(=O)c2cccc(-c3cncc(-c4ccccc4CO)n3)c2)CC1. The van der Waals surface area contributed by atoms with E-state index >= 15 is 0 Å². The fourth-order valence-corrected chi connectivity index (χ4v) is 3.55. The van der Waals surface area contributed by atoms with Crippen molar-refractivity contribution in [3.05, 3.63) is 72.1 Å². The summed E-state index contributed by atoms with van der Waals surface area (Å²) in [5.74, 6) is 0.0506. The summed E-state index contributed by atoms with van der Waals surface area (Å²) in [5, 5.41) is 9.61. The third kappa shape index (κ3) is 4.18. The van der Waals surface area contributed by atoms with E-state index in [1.807, 2.05) is 53.4 Å². The van der Waals surface area contributed by atoms with E-state index in [-0.39, 0.29) is 12.5 Å². The molecule has 0 radical (unpaired) electrons. The van der Waals surface area contributed by atoms with Crippen LogP contribution < -0.4 is 0 Å². The van der Waals surface area contributed by atoms with Gasteiger partial charge in [-0.2, -0.15) is 0 Å². The van der Waals surface area contributed by atoms with Gasteiger partial charge in [0.05, 0.1) is 30.4 Å². The molecule has 1 aromatic heterocycles. The van der Waals surface area contributed by atoms with Gasteiger partial charge in [-0.05, 0) is 24.7 Å². The lowest BCUT2D eigenvalue weighted by Gasteiger charge is -2.32. The zero-order valence-corrected chi connectivity index (χ0v) is 16.5. The molecule has 0 atom stereocenters. The summed E-state index contributed by atoms with van der Waals surface area (Å²) in [5.41, 5.74) is 4.56. The van der Waals surface area contributed by atoms with Gasteiger partial charge in [-0.15, -0.1) is 0 Å². The van der Waals surface area contributed by atoms with Gasteiger partial charge >= 0.3 is 0 Å². The average Bonchev–Trinajstić information content (AvgIpc) is 2.79. The minimum Gasteiger partial charge on any atom is -0.392 e. The van der Waals surface area contributed by atoms with E-state index < -0.39 is 0 Å². The third-order valence-corrected chi connectivity index (χ3v) is 5.29. The molecule has 29 heavy (non-hydrogen) atoms. The number of aliphatic hydroxyl groups is 1. The number of likely N-dealkylation sites (N-methyl/N-ethyl adjacent to an activating group) is 1.